The minimum atomic E-state index is -0.450. The summed E-state index contributed by atoms with van der Waals surface area (Å²) in [5.74, 6) is -0.296. The number of nitrogens with one attached hydrogen (secondary N) is 1. The van der Waals surface area contributed by atoms with E-state index >= 15 is 0 Å². The summed E-state index contributed by atoms with van der Waals surface area (Å²) >= 11 is 6.33. The van der Waals surface area contributed by atoms with Crippen molar-refractivity contribution in [2.75, 3.05) is 5.32 Å². The Kier molecular flexibility index (Phi) is 8.36. The van der Waals surface area contributed by atoms with Gasteiger partial charge in [-0.2, -0.15) is 5.10 Å². The molecular formula is C24H31ClN4O2. The molecule has 0 aliphatic rings. The zero-order valence-electron chi connectivity index (χ0n) is 18.9. The number of allylic oxidation sites excluding steroid dienone is 1. The Morgan fingerprint density at radius 1 is 1.29 bits per heavy atom. The van der Waals surface area contributed by atoms with Gasteiger partial charge in [0.1, 0.15) is 5.56 Å². The first-order chi connectivity index (χ1) is 14.6. The smallest absolute Gasteiger partial charge is 0.261 e. The lowest BCUT2D eigenvalue weighted by molar-refractivity contribution is 0.0703. The van der Waals surface area contributed by atoms with Gasteiger partial charge in [-0.1, -0.05) is 44.0 Å². The largest absolute Gasteiger partial charge is 0.390 e. The number of aromatic nitrogens is 3. The van der Waals surface area contributed by atoms with Gasteiger partial charge in [-0.15, -0.1) is 0 Å². The van der Waals surface area contributed by atoms with Crippen LogP contribution in [-0.4, -0.2) is 31.2 Å². The molecule has 0 aliphatic heterocycles. The molecule has 0 saturated carbocycles. The van der Waals surface area contributed by atoms with Crippen LogP contribution in [0.5, 0.6) is 0 Å². The van der Waals surface area contributed by atoms with E-state index in [0.29, 0.717) is 21.9 Å². The number of aryl methyl sites for hydroxylation is 1. The Bertz CT molecular complexity index is 1070. The molecule has 2 heterocycles. The lowest BCUT2D eigenvalue weighted by Crippen LogP contribution is -2.16. The van der Waals surface area contributed by atoms with Crippen LogP contribution in [0.1, 0.15) is 68.9 Å². The Morgan fingerprint density at radius 3 is 2.55 bits per heavy atom. The van der Waals surface area contributed by atoms with Crippen molar-refractivity contribution in [3.05, 3.63) is 65.1 Å². The van der Waals surface area contributed by atoms with Gasteiger partial charge < -0.3 is 10.4 Å². The summed E-state index contributed by atoms with van der Waals surface area (Å²) in [6.07, 6.45) is 7.63. The monoisotopic (exact) mass is 442 g/mol. The van der Waals surface area contributed by atoms with Crippen molar-refractivity contribution in [1.29, 1.82) is 0 Å². The number of halogens is 1. The highest BCUT2D eigenvalue weighted by Crippen LogP contribution is 2.30. The fourth-order valence-electron chi connectivity index (χ4n) is 3.19. The fraction of sp³-hybridized carbons (Fsp3) is 0.375. The summed E-state index contributed by atoms with van der Waals surface area (Å²) < 4.78 is 1.55. The van der Waals surface area contributed by atoms with Crippen molar-refractivity contribution in [3.63, 3.8) is 0 Å². The normalized spacial score (nSPS) is 11.1. The number of amides is 1. The molecule has 0 saturated heterocycles. The van der Waals surface area contributed by atoms with E-state index in [1.54, 1.807) is 23.0 Å². The number of aliphatic hydroxyl groups is 1. The SMILES string of the molecule is C=C(C)c1cc(Cl)c(NC(=O)c2cnn3cccnc23)cc1CC.CCCC(C)(C)O. The van der Waals surface area contributed by atoms with Crippen LogP contribution in [0.3, 0.4) is 0 Å². The highest BCUT2D eigenvalue weighted by molar-refractivity contribution is 6.34. The summed E-state index contributed by atoms with van der Waals surface area (Å²) in [5.41, 5.74) is 4.05. The fourth-order valence-corrected chi connectivity index (χ4v) is 3.40. The number of fused-ring (bicyclic) bond motifs is 1. The van der Waals surface area contributed by atoms with Gasteiger partial charge in [0, 0.05) is 12.4 Å². The first-order valence-electron chi connectivity index (χ1n) is 10.4. The van der Waals surface area contributed by atoms with E-state index in [4.69, 9.17) is 16.7 Å². The second-order valence-corrected chi connectivity index (χ2v) is 8.49. The van der Waals surface area contributed by atoms with Crippen molar-refractivity contribution in [3.8, 4) is 0 Å². The Hall–Kier alpha value is -2.70. The third kappa shape index (κ3) is 6.64. The molecule has 3 rings (SSSR count). The second-order valence-electron chi connectivity index (χ2n) is 8.09. The molecular weight excluding hydrogens is 412 g/mol. The van der Waals surface area contributed by atoms with Gasteiger partial charge in [-0.3, -0.25) is 4.79 Å². The Labute approximate surface area is 189 Å². The van der Waals surface area contributed by atoms with Crippen molar-refractivity contribution >= 4 is 34.4 Å². The number of benzene rings is 1. The predicted molar refractivity (Wildman–Crippen MR) is 128 cm³/mol. The number of hydrogen-bond acceptors (Lipinski definition) is 4. The molecule has 0 aliphatic carbocycles. The van der Waals surface area contributed by atoms with E-state index < -0.39 is 5.60 Å². The van der Waals surface area contributed by atoms with Crippen molar-refractivity contribution in [2.45, 2.75) is 59.5 Å². The van der Waals surface area contributed by atoms with Gasteiger partial charge in [-0.05, 0) is 62.9 Å². The molecule has 6 nitrogen and oxygen atoms in total. The molecule has 3 aromatic rings. The highest BCUT2D eigenvalue weighted by Gasteiger charge is 2.16. The van der Waals surface area contributed by atoms with Gasteiger partial charge in [-0.25, -0.2) is 9.50 Å². The molecule has 0 atom stereocenters. The van der Waals surface area contributed by atoms with E-state index in [1.165, 1.54) is 6.20 Å². The maximum atomic E-state index is 12.6. The van der Waals surface area contributed by atoms with Crippen LogP contribution >= 0.6 is 11.6 Å². The predicted octanol–water partition coefficient (Wildman–Crippen LogP) is 5.79. The second kappa shape index (κ2) is 10.6. The van der Waals surface area contributed by atoms with Crippen LogP contribution in [0.2, 0.25) is 5.02 Å². The van der Waals surface area contributed by atoms with Crippen LogP contribution < -0.4 is 5.32 Å². The van der Waals surface area contributed by atoms with Crippen molar-refractivity contribution in [1.82, 2.24) is 14.6 Å². The van der Waals surface area contributed by atoms with E-state index in [0.717, 1.165) is 36.0 Å². The molecule has 0 unspecified atom stereocenters. The number of nitrogens with zero attached hydrogens (tertiary/aromatic N) is 3. The van der Waals surface area contributed by atoms with E-state index in [2.05, 4.69) is 35.8 Å². The van der Waals surface area contributed by atoms with Gasteiger partial charge in [0.25, 0.3) is 5.91 Å². The van der Waals surface area contributed by atoms with Gasteiger partial charge in [0.05, 0.1) is 22.5 Å². The topological polar surface area (TPSA) is 79.5 Å². The third-order valence-corrected chi connectivity index (χ3v) is 4.98. The number of rotatable bonds is 6. The summed E-state index contributed by atoms with van der Waals surface area (Å²) in [7, 11) is 0. The molecule has 31 heavy (non-hydrogen) atoms. The highest BCUT2D eigenvalue weighted by atomic mass is 35.5. The van der Waals surface area contributed by atoms with Crippen LogP contribution in [-0.2, 0) is 6.42 Å². The van der Waals surface area contributed by atoms with Crippen LogP contribution in [0.4, 0.5) is 5.69 Å². The Balaban J connectivity index is 0.000000423. The lowest BCUT2D eigenvalue weighted by Gasteiger charge is -2.14. The quantitative estimate of drug-likeness (QED) is 0.506. The van der Waals surface area contributed by atoms with E-state index in [1.807, 2.05) is 32.9 Å². The zero-order valence-corrected chi connectivity index (χ0v) is 19.6. The maximum absolute atomic E-state index is 12.6. The zero-order chi connectivity index (χ0) is 23.2. The Morgan fingerprint density at radius 2 is 2.00 bits per heavy atom. The summed E-state index contributed by atoms with van der Waals surface area (Å²) in [6.45, 7) is 13.7. The minimum absolute atomic E-state index is 0.296. The average molecular weight is 443 g/mol. The first kappa shape index (κ1) is 24.6. The van der Waals surface area contributed by atoms with Crippen LogP contribution in [0.25, 0.3) is 11.2 Å². The standard InChI is InChI=1S/C18H17ClN4O.C6H14O/c1-4-12-8-16(15(19)9-13(12)11(2)3)22-18(24)14-10-21-23-7-5-6-20-17(14)23;1-4-5-6(2,3)7/h5-10H,2,4H2,1,3H3,(H,22,24);7H,4-5H2,1-3H3. The molecule has 166 valence electrons. The molecule has 1 amide bonds. The third-order valence-electron chi connectivity index (χ3n) is 4.67. The van der Waals surface area contributed by atoms with Crippen LogP contribution in [0, 0.1) is 0 Å². The first-order valence-corrected chi connectivity index (χ1v) is 10.8. The summed E-state index contributed by atoms with van der Waals surface area (Å²) in [5, 5.41) is 16.5. The van der Waals surface area contributed by atoms with E-state index in [-0.39, 0.29) is 5.91 Å². The molecule has 0 bridgehead atoms. The molecule has 2 N–H and O–H groups in total. The summed E-state index contributed by atoms with van der Waals surface area (Å²) in [6, 6.07) is 5.48. The minimum Gasteiger partial charge on any atom is -0.390 e. The molecule has 1 aromatic carbocycles. The van der Waals surface area contributed by atoms with Crippen LogP contribution in [0.15, 0.2) is 43.4 Å². The maximum Gasteiger partial charge on any atom is 0.261 e. The molecule has 0 spiro atoms. The number of carbonyl (C=O) groups is 1. The number of hydrogen-bond donors (Lipinski definition) is 2. The van der Waals surface area contributed by atoms with Gasteiger partial charge >= 0.3 is 0 Å². The number of anilines is 1. The summed E-state index contributed by atoms with van der Waals surface area (Å²) in [4.78, 5) is 16.8. The molecule has 0 radical (unpaired) electrons. The molecule has 7 heteroatoms. The average Bonchev–Trinajstić information content (AvgIpc) is 3.13. The van der Waals surface area contributed by atoms with Gasteiger partial charge in [0.15, 0.2) is 5.65 Å². The van der Waals surface area contributed by atoms with Crippen molar-refractivity contribution in [2.24, 2.45) is 0 Å². The number of carbonyl (C=O) groups excluding carboxylic acids is 1. The van der Waals surface area contributed by atoms with E-state index in [9.17, 15) is 4.79 Å². The van der Waals surface area contributed by atoms with Crippen molar-refractivity contribution < 1.29 is 9.90 Å². The lowest BCUT2D eigenvalue weighted by atomic mass is 9.99. The molecule has 2 aromatic heterocycles. The molecule has 0 fully saturated rings. The van der Waals surface area contributed by atoms with Gasteiger partial charge in [0.2, 0.25) is 0 Å².